The van der Waals surface area contributed by atoms with Gasteiger partial charge < -0.3 is 8.75 Å². The molecule has 0 aliphatic carbocycles. The number of nitrogens with zero attached hydrogens (tertiary/aromatic N) is 1. The molecule has 0 saturated heterocycles. The molecule has 0 saturated carbocycles. The smallest absolute Gasteiger partial charge is 0.110 e. The Morgan fingerprint density at radius 1 is 1.46 bits per heavy atom. The van der Waals surface area contributed by atoms with Crippen LogP contribution in [0, 0.1) is 0 Å². The second-order valence-electron chi connectivity index (χ2n) is 2.57. The van der Waals surface area contributed by atoms with Gasteiger partial charge in [0.05, 0.1) is 7.11 Å². The minimum absolute atomic E-state index is 1.05. The Hall–Kier alpha value is -0.930. The van der Waals surface area contributed by atoms with E-state index in [0.29, 0.717) is 0 Å². The van der Waals surface area contributed by atoms with Crippen molar-refractivity contribution < 1.29 is 4.18 Å². The third-order valence-corrected chi connectivity index (χ3v) is 2.61. The van der Waals surface area contributed by atoms with Crippen molar-refractivity contribution in [1.82, 2.24) is 4.57 Å². The molecule has 0 unspecified atom stereocenters. The van der Waals surface area contributed by atoms with Crippen molar-refractivity contribution in [2.24, 2.45) is 7.05 Å². The molecule has 0 aromatic carbocycles. The average Bonchev–Trinajstić information content (AvgIpc) is 2.44. The number of hydrogen-bond donors (Lipinski definition) is 0. The van der Waals surface area contributed by atoms with E-state index in [4.69, 9.17) is 4.18 Å². The van der Waals surface area contributed by atoms with Gasteiger partial charge in [0.15, 0.2) is 0 Å². The van der Waals surface area contributed by atoms with Gasteiger partial charge in [0.2, 0.25) is 0 Å². The molecule has 0 aliphatic heterocycles. The van der Waals surface area contributed by atoms with Gasteiger partial charge in [0.25, 0.3) is 0 Å². The summed E-state index contributed by atoms with van der Waals surface area (Å²) in [5.41, 5.74) is 2.15. The lowest BCUT2D eigenvalue weighted by Gasteiger charge is -2.01. The van der Waals surface area contributed by atoms with Crippen LogP contribution in [-0.2, 0) is 11.2 Å². The summed E-state index contributed by atoms with van der Waals surface area (Å²) in [5.74, 6) is 0. The van der Waals surface area contributed by atoms with Crippen molar-refractivity contribution in [3.63, 3.8) is 0 Å². The molecular weight excluding hydrogens is 182 g/mol. The van der Waals surface area contributed by atoms with E-state index < -0.39 is 0 Å². The second-order valence-corrected chi connectivity index (χ2v) is 3.46. The standard InChI is InChI=1S/C10H13NOS/c1-5-8-7-11(3)10(13-12-4)9(8)6-2/h5-7H,1-2H2,3-4H3. The van der Waals surface area contributed by atoms with Crippen LogP contribution in [0.5, 0.6) is 0 Å². The zero-order chi connectivity index (χ0) is 9.84. The predicted molar refractivity (Wildman–Crippen MR) is 58.5 cm³/mol. The Kier molecular flexibility index (Phi) is 3.39. The molecule has 0 amide bonds. The Labute approximate surface area is 83.1 Å². The van der Waals surface area contributed by atoms with E-state index in [2.05, 4.69) is 13.2 Å². The van der Waals surface area contributed by atoms with Gasteiger partial charge >= 0.3 is 0 Å². The maximum absolute atomic E-state index is 5.02. The summed E-state index contributed by atoms with van der Waals surface area (Å²) in [6, 6.07) is 0. The molecule has 0 spiro atoms. The molecule has 2 nitrogen and oxygen atoms in total. The van der Waals surface area contributed by atoms with Gasteiger partial charge in [0, 0.05) is 30.9 Å². The quantitative estimate of drug-likeness (QED) is 0.686. The molecule has 1 rings (SSSR count). The van der Waals surface area contributed by atoms with Crippen molar-refractivity contribution in [3.05, 3.63) is 30.5 Å². The summed E-state index contributed by atoms with van der Waals surface area (Å²) in [5, 5.41) is 1.05. The fourth-order valence-electron chi connectivity index (χ4n) is 1.20. The molecule has 0 radical (unpaired) electrons. The topological polar surface area (TPSA) is 14.2 Å². The van der Waals surface area contributed by atoms with Crippen molar-refractivity contribution in [2.75, 3.05) is 7.11 Å². The van der Waals surface area contributed by atoms with Crippen molar-refractivity contribution in [2.45, 2.75) is 5.03 Å². The Morgan fingerprint density at radius 3 is 2.62 bits per heavy atom. The predicted octanol–water partition coefficient (Wildman–Crippen LogP) is 2.96. The van der Waals surface area contributed by atoms with Gasteiger partial charge in [-0.2, -0.15) is 0 Å². The summed E-state index contributed by atoms with van der Waals surface area (Å²) >= 11 is 1.33. The lowest BCUT2D eigenvalue weighted by atomic mass is 10.2. The molecular formula is C10H13NOS. The number of rotatable bonds is 4. The molecule has 0 bridgehead atoms. The van der Waals surface area contributed by atoms with Gasteiger partial charge in [-0.05, 0) is 5.56 Å². The first-order valence-electron chi connectivity index (χ1n) is 3.89. The molecule has 1 heterocycles. The zero-order valence-corrected chi connectivity index (χ0v) is 8.73. The van der Waals surface area contributed by atoms with Crippen molar-refractivity contribution >= 4 is 24.2 Å². The molecule has 1 aromatic rings. The monoisotopic (exact) mass is 195 g/mol. The SMILES string of the molecule is C=Cc1cn(C)c(SOC)c1C=C. The highest BCUT2D eigenvalue weighted by Gasteiger charge is 2.09. The number of aromatic nitrogens is 1. The fourth-order valence-corrected chi connectivity index (χ4v) is 1.82. The summed E-state index contributed by atoms with van der Waals surface area (Å²) < 4.78 is 7.02. The van der Waals surface area contributed by atoms with Crippen LogP contribution in [0.2, 0.25) is 0 Å². The first-order chi connectivity index (χ1) is 6.24. The molecule has 0 N–H and O–H groups in total. The van der Waals surface area contributed by atoms with E-state index in [0.717, 1.165) is 16.2 Å². The van der Waals surface area contributed by atoms with Crippen LogP contribution in [0.15, 0.2) is 24.4 Å². The third kappa shape index (κ3) is 1.87. The van der Waals surface area contributed by atoms with Crippen LogP contribution in [0.25, 0.3) is 12.2 Å². The van der Waals surface area contributed by atoms with Gasteiger partial charge in [-0.25, -0.2) is 0 Å². The molecule has 0 fully saturated rings. The Balaban J connectivity index is 3.21. The highest BCUT2D eigenvalue weighted by molar-refractivity contribution is 7.94. The highest BCUT2D eigenvalue weighted by Crippen LogP contribution is 2.28. The maximum Gasteiger partial charge on any atom is 0.110 e. The van der Waals surface area contributed by atoms with E-state index in [1.807, 2.05) is 30.0 Å². The lowest BCUT2D eigenvalue weighted by Crippen LogP contribution is -1.88. The van der Waals surface area contributed by atoms with Gasteiger partial charge in [0.1, 0.15) is 5.03 Å². The zero-order valence-electron chi connectivity index (χ0n) is 7.91. The van der Waals surface area contributed by atoms with Gasteiger partial charge in [-0.1, -0.05) is 25.3 Å². The van der Waals surface area contributed by atoms with Gasteiger partial charge in [-0.3, -0.25) is 0 Å². The third-order valence-electron chi connectivity index (χ3n) is 1.78. The van der Waals surface area contributed by atoms with Crippen molar-refractivity contribution in [3.8, 4) is 0 Å². The van der Waals surface area contributed by atoms with E-state index in [9.17, 15) is 0 Å². The fraction of sp³-hybridized carbons (Fsp3) is 0.200. The van der Waals surface area contributed by atoms with Crippen LogP contribution in [0.3, 0.4) is 0 Å². The second kappa shape index (κ2) is 4.35. The molecule has 1 aromatic heterocycles. The molecule has 0 aliphatic rings. The van der Waals surface area contributed by atoms with Crippen LogP contribution < -0.4 is 0 Å². The lowest BCUT2D eigenvalue weighted by molar-refractivity contribution is 0.486. The van der Waals surface area contributed by atoms with E-state index in [1.165, 1.54) is 12.0 Å². The summed E-state index contributed by atoms with van der Waals surface area (Å²) in [6.07, 6.45) is 5.64. The number of aryl methyl sites for hydroxylation is 1. The first-order valence-corrected chi connectivity index (χ1v) is 4.63. The Morgan fingerprint density at radius 2 is 2.15 bits per heavy atom. The summed E-state index contributed by atoms with van der Waals surface area (Å²) in [4.78, 5) is 0. The Bertz CT molecular complexity index is 328. The minimum atomic E-state index is 1.05. The highest BCUT2D eigenvalue weighted by atomic mass is 32.2. The van der Waals surface area contributed by atoms with E-state index in [1.54, 1.807) is 7.11 Å². The average molecular weight is 195 g/mol. The van der Waals surface area contributed by atoms with Crippen LogP contribution >= 0.6 is 12.0 Å². The normalized spacial score (nSPS) is 10.0. The first kappa shape index (κ1) is 10.2. The van der Waals surface area contributed by atoms with Crippen LogP contribution in [-0.4, -0.2) is 11.7 Å². The molecule has 13 heavy (non-hydrogen) atoms. The summed E-state index contributed by atoms with van der Waals surface area (Å²) in [7, 11) is 3.62. The van der Waals surface area contributed by atoms with Crippen molar-refractivity contribution in [1.29, 1.82) is 0 Å². The minimum Gasteiger partial charge on any atom is -0.343 e. The van der Waals surface area contributed by atoms with Crippen LogP contribution in [0.4, 0.5) is 0 Å². The van der Waals surface area contributed by atoms with Crippen LogP contribution in [0.1, 0.15) is 11.1 Å². The molecule has 3 heteroatoms. The van der Waals surface area contributed by atoms with Gasteiger partial charge in [-0.15, -0.1) is 0 Å². The maximum atomic E-state index is 5.02. The summed E-state index contributed by atoms with van der Waals surface area (Å²) in [6.45, 7) is 7.51. The largest absolute Gasteiger partial charge is 0.343 e. The van der Waals surface area contributed by atoms with E-state index in [-0.39, 0.29) is 0 Å². The molecule has 0 atom stereocenters. The molecule has 70 valence electrons. The number of hydrogen-bond acceptors (Lipinski definition) is 2. The van der Waals surface area contributed by atoms with E-state index >= 15 is 0 Å².